The molecule has 2 heterocycles. The Morgan fingerprint density at radius 1 is 1.10 bits per heavy atom. The van der Waals surface area contributed by atoms with Gasteiger partial charge in [-0.15, -0.1) is 24.8 Å². The first-order valence-corrected chi connectivity index (χ1v) is 9.54. The van der Waals surface area contributed by atoms with E-state index >= 15 is 0 Å². The van der Waals surface area contributed by atoms with E-state index in [1.807, 2.05) is 41.1 Å². The van der Waals surface area contributed by atoms with Crippen molar-refractivity contribution in [3.05, 3.63) is 48.2 Å². The van der Waals surface area contributed by atoms with Crippen molar-refractivity contribution in [2.45, 2.75) is 33.2 Å². The van der Waals surface area contributed by atoms with Gasteiger partial charge in [-0.1, -0.05) is 37.3 Å². The van der Waals surface area contributed by atoms with Crippen LogP contribution in [-0.2, 0) is 0 Å². The van der Waals surface area contributed by atoms with Crippen molar-refractivity contribution in [2.24, 2.45) is 0 Å². The molecule has 0 fully saturated rings. The number of benzene rings is 1. The monoisotopic (exact) mass is 437 g/mol. The van der Waals surface area contributed by atoms with Gasteiger partial charge in [0.2, 0.25) is 0 Å². The maximum Gasteiger partial charge on any atom is 0.252 e. The highest BCUT2D eigenvalue weighted by Gasteiger charge is 2.18. The van der Waals surface area contributed by atoms with Crippen molar-refractivity contribution in [2.75, 3.05) is 19.6 Å². The predicted molar refractivity (Wildman–Crippen MR) is 123 cm³/mol. The summed E-state index contributed by atoms with van der Waals surface area (Å²) in [6, 6.07) is 11.9. The Bertz CT molecular complexity index is 912. The van der Waals surface area contributed by atoms with Gasteiger partial charge in [0.15, 0.2) is 5.65 Å². The summed E-state index contributed by atoms with van der Waals surface area (Å²) in [4.78, 5) is 17.6. The number of carbonyl (C=O) groups excluding carboxylic acids is 1. The minimum absolute atomic E-state index is 0. The van der Waals surface area contributed by atoms with E-state index in [1.54, 1.807) is 6.20 Å². The van der Waals surface area contributed by atoms with Crippen LogP contribution in [0.2, 0.25) is 0 Å². The number of nitrogens with one attached hydrogen (secondary N) is 2. The summed E-state index contributed by atoms with van der Waals surface area (Å²) in [6.07, 6.45) is 2.81. The SMILES string of the molecule is CCCNCCNC(=O)c1cc(-c2ccccc2)nc2c1cnn2C(C)C.Cl.Cl. The summed E-state index contributed by atoms with van der Waals surface area (Å²) >= 11 is 0. The number of aromatic nitrogens is 3. The molecule has 0 aliphatic carbocycles. The van der Waals surface area contributed by atoms with E-state index in [0.29, 0.717) is 12.1 Å². The molecule has 0 bridgehead atoms. The molecule has 0 saturated carbocycles. The van der Waals surface area contributed by atoms with Gasteiger partial charge in [0.1, 0.15) is 0 Å². The van der Waals surface area contributed by atoms with E-state index < -0.39 is 0 Å². The van der Waals surface area contributed by atoms with Crippen LogP contribution in [0.1, 0.15) is 43.6 Å². The van der Waals surface area contributed by atoms with Gasteiger partial charge in [-0.3, -0.25) is 4.79 Å². The molecule has 0 spiro atoms. The van der Waals surface area contributed by atoms with Crippen molar-refractivity contribution in [3.8, 4) is 11.3 Å². The van der Waals surface area contributed by atoms with Gasteiger partial charge in [0.25, 0.3) is 5.91 Å². The average Bonchev–Trinajstić information content (AvgIpc) is 3.12. The van der Waals surface area contributed by atoms with Crippen molar-refractivity contribution < 1.29 is 4.79 Å². The van der Waals surface area contributed by atoms with Crippen LogP contribution in [0.25, 0.3) is 22.3 Å². The average molecular weight is 438 g/mol. The van der Waals surface area contributed by atoms with Crippen LogP contribution in [0, 0.1) is 0 Å². The first-order chi connectivity index (χ1) is 13.1. The Morgan fingerprint density at radius 2 is 1.83 bits per heavy atom. The molecule has 3 rings (SSSR count). The zero-order valence-corrected chi connectivity index (χ0v) is 18.6. The maximum absolute atomic E-state index is 12.9. The third kappa shape index (κ3) is 5.92. The lowest BCUT2D eigenvalue weighted by Gasteiger charge is -2.11. The van der Waals surface area contributed by atoms with Gasteiger partial charge in [-0.25, -0.2) is 9.67 Å². The summed E-state index contributed by atoms with van der Waals surface area (Å²) in [5, 5.41) is 11.5. The fourth-order valence-corrected chi connectivity index (χ4v) is 3.00. The summed E-state index contributed by atoms with van der Waals surface area (Å²) < 4.78 is 1.86. The van der Waals surface area contributed by atoms with Gasteiger partial charge >= 0.3 is 0 Å². The summed E-state index contributed by atoms with van der Waals surface area (Å²) in [5.41, 5.74) is 3.11. The third-order valence-electron chi connectivity index (χ3n) is 4.38. The number of carbonyl (C=O) groups is 1. The van der Waals surface area contributed by atoms with E-state index in [4.69, 9.17) is 4.98 Å². The summed E-state index contributed by atoms with van der Waals surface area (Å²) in [7, 11) is 0. The number of amides is 1. The molecule has 0 saturated heterocycles. The van der Waals surface area contributed by atoms with Crippen molar-refractivity contribution >= 4 is 41.8 Å². The number of pyridine rings is 1. The molecule has 2 N–H and O–H groups in total. The molecule has 0 atom stereocenters. The molecule has 29 heavy (non-hydrogen) atoms. The first-order valence-electron chi connectivity index (χ1n) is 9.54. The molecule has 0 radical (unpaired) electrons. The number of hydrogen-bond acceptors (Lipinski definition) is 4. The summed E-state index contributed by atoms with van der Waals surface area (Å²) in [6.45, 7) is 8.53. The Morgan fingerprint density at radius 3 is 2.48 bits per heavy atom. The lowest BCUT2D eigenvalue weighted by atomic mass is 10.1. The molecule has 158 valence electrons. The van der Waals surface area contributed by atoms with Gasteiger partial charge in [-0.2, -0.15) is 5.10 Å². The van der Waals surface area contributed by atoms with Gasteiger partial charge < -0.3 is 10.6 Å². The van der Waals surface area contributed by atoms with Crippen LogP contribution < -0.4 is 10.6 Å². The van der Waals surface area contributed by atoms with Crippen LogP contribution in [0.15, 0.2) is 42.6 Å². The molecular weight excluding hydrogens is 409 g/mol. The minimum Gasteiger partial charge on any atom is -0.351 e. The highest BCUT2D eigenvalue weighted by molar-refractivity contribution is 6.06. The largest absolute Gasteiger partial charge is 0.351 e. The Kier molecular flexibility index (Phi) is 10.1. The van der Waals surface area contributed by atoms with Gasteiger partial charge in [-0.05, 0) is 32.9 Å². The molecule has 2 aromatic heterocycles. The van der Waals surface area contributed by atoms with Crippen molar-refractivity contribution in [3.63, 3.8) is 0 Å². The van der Waals surface area contributed by atoms with Crippen LogP contribution in [0.5, 0.6) is 0 Å². The van der Waals surface area contributed by atoms with Crippen LogP contribution in [0.3, 0.4) is 0 Å². The fourth-order valence-electron chi connectivity index (χ4n) is 3.00. The summed E-state index contributed by atoms with van der Waals surface area (Å²) in [5.74, 6) is -0.0961. The normalized spacial score (nSPS) is 10.5. The van der Waals surface area contributed by atoms with E-state index in [1.165, 1.54) is 0 Å². The second kappa shape index (κ2) is 11.8. The van der Waals surface area contributed by atoms with E-state index in [9.17, 15) is 4.79 Å². The van der Waals surface area contributed by atoms with Crippen LogP contribution in [-0.4, -0.2) is 40.3 Å². The molecule has 1 aromatic carbocycles. The number of nitrogens with zero attached hydrogens (tertiary/aromatic N) is 3. The molecule has 1 amide bonds. The third-order valence-corrected chi connectivity index (χ3v) is 4.38. The quantitative estimate of drug-likeness (QED) is 0.516. The number of halogens is 2. The number of hydrogen-bond donors (Lipinski definition) is 2. The molecule has 0 aliphatic heterocycles. The molecule has 3 aromatic rings. The first kappa shape index (κ1) is 24.9. The second-order valence-corrected chi connectivity index (χ2v) is 6.85. The molecular formula is C21H29Cl2N5O. The van der Waals surface area contributed by atoms with Crippen LogP contribution in [0.4, 0.5) is 0 Å². The van der Waals surface area contributed by atoms with Crippen molar-refractivity contribution in [1.29, 1.82) is 0 Å². The highest BCUT2D eigenvalue weighted by Crippen LogP contribution is 2.26. The van der Waals surface area contributed by atoms with Gasteiger partial charge in [0, 0.05) is 24.7 Å². The predicted octanol–water partition coefficient (Wildman–Crippen LogP) is 4.25. The minimum atomic E-state index is -0.0961. The topological polar surface area (TPSA) is 71.8 Å². The van der Waals surface area contributed by atoms with E-state index in [2.05, 4.69) is 36.5 Å². The molecule has 6 nitrogen and oxygen atoms in total. The van der Waals surface area contributed by atoms with Gasteiger partial charge in [0.05, 0.1) is 22.8 Å². The Hall–Kier alpha value is -2.15. The van der Waals surface area contributed by atoms with E-state index in [0.717, 1.165) is 41.8 Å². The van der Waals surface area contributed by atoms with Crippen molar-refractivity contribution in [1.82, 2.24) is 25.4 Å². The lowest BCUT2D eigenvalue weighted by Crippen LogP contribution is -2.32. The fraction of sp³-hybridized carbons (Fsp3) is 0.381. The smallest absolute Gasteiger partial charge is 0.252 e. The zero-order valence-electron chi connectivity index (χ0n) is 17.0. The molecule has 8 heteroatoms. The number of rotatable bonds is 8. The Balaban J connectivity index is 0.00000210. The molecule has 0 unspecified atom stereocenters. The second-order valence-electron chi connectivity index (χ2n) is 6.85. The number of fused-ring (bicyclic) bond motifs is 1. The zero-order chi connectivity index (χ0) is 19.2. The maximum atomic E-state index is 12.9. The highest BCUT2D eigenvalue weighted by atomic mass is 35.5. The standard InChI is InChI=1S/C21H27N5O.2ClH/c1-4-10-22-11-12-23-21(27)17-13-19(16-8-6-5-7-9-16)25-20-18(17)14-24-26(20)15(2)3;;/h5-9,13-15,22H,4,10-12H2,1-3H3,(H,23,27);2*1H. The lowest BCUT2D eigenvalue weighted by molar-refractivity contribution is 0.0955. The Labute approximate surface area is 184 Å². The van der Waals surface area contributed by atoms with Crippen LogP contribution >= 0.6 is 24.8 Å². The molecule has 0 aliphatic rings. The van der Waals surface area contributed by atoms with E-state index in [-0.39, 0.29) is 36.8 Å².